The molecule has 0 aromatic rings. The molecule has 0 aliphatic carbocycles. The highest BCUT2D eigenvalue weighted by atomic mass is 16.3. The third-order valence-corrected chi connectivity index (χ3v) is 3.82. The van der Waals surface area contributed by atoms with Crippen LogP contribution in [0.15, 0.2) is 0 Å². The van der Waals surface area contributed by atoms with Gasteiger partial charge in [-0.05, 0) is 32.9 Å². The van der Waals surface area contributed by atoms with Crippen LogP contribution in [0, 0.1) is 0 Å². The van der Waals surface area contributed by atoms with Crippen molar-refractivity contribution in [2.45, 2.75) is 45.6 Å². The van der Waals surface area contributed by atoms with Gasteiger partial charge < -0.3 is 15.3 Å². The van der Waals surface area contributed by atoms with Crippen LogP contribution in [0.1, 0.15) is 39.5 Å². The summed E-state index contributed by atoms with van der Waals surface area (Å²) in [5, 5.41) is 9.76. The number of nitrogens with one attached hydrogen (secondary N) is 1. The lowest BCUT2D eigenvalue weighted by molar-refractivity contribution is -0.130. The standard InChI is InChI=1S/C14H27N3O2.CH2O2/c1-4-12(16(3)5-2)14(19)15-9-8-13(18)17-10-6-7-11-17;2-1-3/h12H,4-11H2,1-3H3,(H,15,19);1H,(H,2,3). The van der Waals surface area contributed by atoms with Crippen molar-refractivity contribution in [3.63, 3.8) is 0 Å². The Labute approximate surface area is 132 Å². The molecule has 128 valence electrons. The highest BCUT2D eigenvalue weighted by Crippen LogP contribution is 2.08. The lowest BCUT2D eigenvalue weighted by Crippen LogP contribution is -2.45. The Balaban J connectivity index is 0.00000135. The Morgan fingerprint density at radius 2 is 1.86 bits per heavy atom. The van der Waals surface area contributed by atoms with Crippen molar-refractivity contribution in [1.29, 1.82) is 0 Å². The normalized spacial score (nSPS) is 15.0. The number of carbonyl (C=O) groups excluding carboxylic acids is 2. The van der Waals surface area contributed by atoms with Gasteiger partial charge in [0.2, 0.25) is 11.8 Å². The van der Waals surface area contributed by atoms with Crippen molar-refractivity contribution in [1.82, 2.24) is 15.1 Å². The number of nitrogens with zero attached hydrogens (tertiary/aromatic N) is 2. The average Bonchev–Trinajstić information content (AvgIpc) is 3.02. The Bertz CT molecular complexity index is 344. The third-order valence-electron chi connectivity index (χ3n) is 3.82. The van der Waals surface area contributed by atoms with Crippen molar-refractivity contribution in [3.05, 3.63) is 0 Å². The van der Waals surface area contributed by atoms with Crippen LogP contribution < -0.4 is 5.32 Å². The number of carbonyl (C=O) groups is 3. The fourth-order valence-corrected chi connectivity index (χ4v) is 2.45. The van der Waals surface area contributed by atoms with Gasteiger partial charge in [0, 0.05) is 26.1 Å². The number of hydrogen-bond donors (Lipinski definition) is 2. The lowest BCUT2D eigenvalue weighted by Gasteiger charge is -2.24. The summed E-state index contributed by atoms with van der Waals surface area (Å²) < 4.78 is 0. The topological polar surface area (TPSA) is 90.0 Å². The molecule has 0 aromatic carbocycles. The molecule has 1 aliphatic rings. The quantitative estimate of drug-likeness (QED) is 0.670. The van der Waals surface area contributed by atoms with E-state index in [1.165, 1.54) is 0 Å². The molecule has 1 saturated heterocycles. The SMILES string of the molecule is CCC(C(=O)NCCC(=O)N1CCCC1)N(C)CC.O=CO. The second-order valence-corrected chi connectivity index (χ2v) is 5.23. The molecule has 1 heterocycles. The molecule has 0 aromatic heterocycles. The van der Waals surface area contributed by atoms with E-state index in [1.54, 1.807) is 0 Å². The number of likely N-dealkylation sites (tertiary alicyclic amines) is 1. The van der Waals surface area contributed by atoms with E-state index in [1.807, 2.05) is 30.7 Å². The second kappa shape index (κ2) is 12.0. The predicted octanol–water partition coefficient (Wildman–Crippen LogP) is 0.546. The van der Waals surface area contributed by atoms with Crippen LogP contribution in [0.4, 0.5) is 0 Å². The molecule has 1 atom stereocenters. The van der Waals surface area contributed by atoms with Gasteiger partial charge in [-0.1, -0.05) is 13.8 Å². The van der Waals surface area contributed by atoms with Crippen molar-refractivity contribution < 1.29 is 19.5 Å². The minimum atomic E-state index is -0.250. The molecule has 2 N–H and O–H groups in total. The molecule has 2 amide bonds. The zero-order valence-corrected chi connectivity index (χ0v) is 13.9. The van der Waals surface area contributed by atoms with Crippen LogP contribution in [0.2, 0.25) is 0 Å². The highest BCUT2D eigenvalue weighted by molar-refractivity contribution is 5.82. The van der Waals surface area contributed by atoms with E-state index in [0.717, 1.165) is 38.9 Å². The number of rotatable bonds is 7. The lowest BCUT2D eigenvalue weighted by atomic mass is 10.2. The van der Waals surface area contributed by atoms with Gasteiger partial charge >= 0.3 is 0 Å². The molecule has 22 heavy (non-hydrogen) atoms. The maximum atomic E-state index is 12.0. The smallest absolute Gasteiger partial charge is 0.290 e. The largest absolute Gasteiger partial charge is 0.483 e. The Morgan fingerprint density at radius 3 is 2.32 bits per heavy atom. The number of amides is 2. The van der Waals surface area contributed by atoms with E-state index in [4.69, 9.17) is 9.90 Å². The molecule has 0 bridgehead atoms. The van der Waals surface area contributed by atoms with Gasteiger partial charge in [0.15, 0.2) is 0 Å². The molecular weight excluding hydrogens is 286 g/mol. The summed E-state index contributed by atoms with van der Waals surface area (Å²) in [4.78, 5) is 36.1. The van der Waals surface area contributed by atoms with Crippen LogP contribution >= 0.6 is 0 Å². The predicted molar refractivity (Wildman–Crippen MR) is 84.5 cm³/mol. The van der Waals surface area contributed by atoms with E-state index >= 15 is 0 Å². The Kier molecular flexibility index (Phi) is 11.1. The first-order valence-corrected chi connectivity index (χ1v) is 7.85. The van der Waals surface area contributed by atoms with E-state index < -0.39 is 0 Å². The molecule has 1 rings (SSSR count). The second-order valence-electron chi connectivity index (χ2n) is 5.23. The Hall–Kier alpha value is -1.63. The zero-order chi connectivity index (χ0) is 17.0. The summed E-state index contributed by atoms with van der Waals surface area (Å²) in [5.74, 6) is 0.191. The summed E-state index contributed by atoms with van der Waals surface area (Å²) in [6, 6.07) is -0.0908. The summed E-state index contributed by atoms with van der Waals surface area (Å²) in [7, 11) is 1.95. The zero-order valence-electron chi connectivity index (χ0n) is 13.9. The first kappa shape index (κ1) is 20.4. The highest BCUT2D eigenvalue weighted by Gasteiger charge is 2.21. The van der Waals surface area contributed by atoms with E-state index in [2.05, 4.69) is 5.32 Å². The molecule has 7 nitrogen and oxygen atoms in total. The molecule has 1 unspecified atom stereocenters. The van der Waals surface area contributed by atoms with Crippen LogP contribution in [0.5, 0.6) is 0 Å². The number of carboxylic acid groups (broad SMARTS) is 1. The maximum Gasteiger partial charge on any atom is 0.290 e. The van der Waals surface area contributed by atoms with Crippen LogP contribution in [0.3, 0.4) is 0 Å². The molecule has 0 radical (unpaired) electrons. The number of likely N-dealkylation sites (N-methyl/N-ethyl adjacent to an activating group) is 1. The van der Waals surface area contributed by atoms with Gasteiger partial charge in [-0.25, -0.2) is 0 Å². The van der Waals surface area contributed by atoms with Gasteiger partial charge in [-0.2, -0.15) is 0 Å². The number of hydrogen-bond acceptors (Lipinski definition) is 4. The minimum absolute atomic E-state index is 0.0288. The van der Waals surface area contributed by atoms with Crippen LogP contribution in [-0.2, 0) is 14.4 Å². The average molecular weight is 315 g/mol. The maximum absolute atomic E-state index is 12.0. The minimum Gasteiger partial charge on any atom is -0.483 e. The summed E-state index contributed by atoms with van der Waals surface area (Å²) in [6.07, 6.45) is 3.42. The summed E-state index contributed by atoms with van der Waals surface area (Å²) >= 11 is 0. The van der Waals surface area contributed by atoms with Crippen molar-refractivity contribution in [2.24, 2.45) is 0 Å². The van der Waals surface area contributed by atoms with E-state index in [0.29, 0.717) is 13.0 Å². The fourth-order valence-electron chi connectivity index (χ4n) is 2.45. The van der Waals surface area contributed by atoms with Gasteiger partial charge in [-0.15, -0.1) is 0 Å². The summed E-state index contributed by atoms with van der Waals surface area (Å²) in [6.45, 7) is 6.84. The molecule has 0 spiro atoms. The van der Waals surface area contributed by atoms with Gasteiger partial charge in [0.1, 0.15) is 0 Å². The molecule has 0 saturated carbocycles. The van der Waals surface area contributed by atoms with Crippen molar-refractivity contribution in [3.8, 4) is 0 Å². The van der Waals surface area contributed by atoms with E-state index in [9.17, 15) is 9.59 Å². The Morgan fingerprint density at radius 1 is 1.32 bits per heavy atom. The van der Waals surface area contributed by atoms with Crippen LogP contribution in [-0.4, -0.2) is 72.5 Å². The monoisotopic (exact) mass is 315 g/mol. The molecule has 7 heteroatoms. The molecule has 1 fully saturated rings. The molecule has 1 aliphatic heterocycles. The first-order valence-electron chi connectivity index (χ1n) is 7.85. The fraction of sp³-hybridized carbons (Fsp3) is 0.800. The molecular formula is C15H29N3O4. The summed E-state index contributed by atoms with van der Waals surface area (Å²) in [5.41, 5.74) is 0. The van der Waals surface area contributed by atoms with Crippen LogP contribution in [0.25, 0.3) is 0 Å². The van der Waals surface area contributed by atoms with Gasteiger partial charge in [-0.3, -0.25) is 19.3 Å². The third kappa shape index (κ3) is 7.40. The van der Waals surface area contributed by atoms with Crippen molar-refractivity contribution >= 4 is 18.3 Å². The van der Waals surface area contributed by atoms with Gasteiger partial charge in [0.25, 0.3) is 6.47 Å². The van der Waals surface area contributed by atoms with Gasteiger partial charge in [0.05, 0.1) is 6.04 Å². The van der Waals surface area contributed by atoms with E-state index in [-0.39, 0.29) is 24.3 Å². The van der Waals surface area contributed by atoms with Crippen molar-refractivity contribution in [2.75, 3.05) is 33.2 Å². The first-order chi connectivity index (χ1) is 10.5.